The second-order valence-corrected chi connectivity index (χ2v) is 6.17. The molecule has 0 saturated heterocycles. The van der Waals surface area contributed by atoms with E-state index in [0.717, 1.165) is 11.1 Å². The number of aryl methyl sites for hydroxylation is 1. The van der Waals surface area contributed by atoms with Crippen LogP contribution in [0.15, 0.2) is 77.9 Å². The van der Waals surface area contributed by atoms with Gasteiger partial charge in [-0.3, -0.25) is 9.59 Å². The van der Waals surface area contributed by atoms with Crippen molar-refractivity contribution in [1.82, 2.24) is 9.55 Å². The van der Waals surface area contributed by atoms with E-state index in [2.05, 4.69) is 10.3 Å². The van der Waals surface area contributed by atoms with E-state index in [0.29, 0.717) is 22.3 Å². The molecule has 0 spiro atoms. The van der Waals surface area contributed by atoms with E-state index in [4.69, 9.17) is 0 Å². The van der Waals surface area contributed by atoms with Crippen molar-refractivity contribution in [1.29, 1.82) is 0 Å². The molecule has 2 N–H and O–H groups in total. The van der Waals surface area contributed by atoms with Crippen molar-refractivity contribution in [3.63, 3.8) is 0 Å². The second kappa shape index (κ2) is 6.37. The van der Waals surface area contributed by atoms with Crippen molar-refractivity contribution >= 4 is 22.5 Å². The van der Waals surface area contributed by atoms with Crippen molar-refractivity contribution in [3.05, 3.63) is 94.5 Å². The molecule has 0 fully saturated rings. The first kappa shape index (κ1) is 15.9. The van der Waals surface area contributed by atoms with Gasteiger partial charge in [-0.1, -0.05) is 6.07 Å². The molecule has 0 aliphatic rings. The molecule has 2 aromatic heterocycles. The second-order valence-electron chi connectivity index (χ2n) is 6.17. The fraction of sp³-hybridized carbons (Fsp3) is 0.0476. The lowest BCUT2D eigenvalue weighted by Crippen LogP contribution is -2.12. The number of benzene rings is 2. The van der Waals surface area contributed by atoms with Crippen LogP contribution in [0.4, 0.5) is 5.69 Å². The van der Waals surface area contributed by atoms with Gasteiger partial charge in [-0.15, -0.1) is 0 Å². The van der Waals surface area contributed by atoms with Crippen molar-refractivity contribution in [2.24, 2.45) is 0 Å². The van der Waals surface area contributed by atoms with Gasteiger partial charge in [0.05, 0.1) is 5.52 Å². The Morgan fingerprint density at radius 1 is 1.00 bits per heavy atom. The summed E-state index contributed by atoms with van der Waals surface area (Å²) in [5.41, 5.74) is 3.43. The summed E-state index contributed by atoms with van der Waals surface area (Å²) in [4.78, 5) is 27.1. The first-order valence-electron chi connectivity index (χ1n) is 8.29. The number of amides is 1. The van der Waals surface area contributed by atoms with Gasteiger partial charge in [-0.2, -0.15) is 0 Å². The third-order valence-corrected chi connectivity index (χ3v) is 4.32. The molecule has 5 nitrogen and oxygen atoms in total. The number of anilines is 1. The number of aromatic nitrogens is 2. The fourth-order valence-electron chi connectivity index (χ4n) is 2.88. The van der Waals surface area contributed by atoms with Crippen LogP contribution in [0.3, 0.4) is 0 Å². The number of carbonyl (C=O) groups is 1. The van der Waals surface area contributed by atoms with Crippen molar-refractivity contribution in [2.75, 3.05) is 5.32 Å². The molecular weight excluding hydrogens is 326 g/mol. The standard InChI is InChI=1S/C21H17N3O2/c1-14-12-16-4-7-17(13-19(16)23-20(14)25)22-21(26)15-5-8-18(9-6-15)24-10-2-3-11-24/h2-13H,1H3,(H,22,26)(H,23,25). The highest BCUT2D eigenvalue weighted by Crippen LogP contribution is 2.18. The summed E-state index contributed by atoms with van der Waals surface area (Å²) < 4.78 is 1.98. The number of pyridine rings is 1. The molecule has 4 aromatic rings. The van der Waals surface area contributed by atoms with E-state index < -0.39 is 0 Å². The molecule has 0 saturated carbocycles. The van der Waals surface area contributed by atoms with Gasteiger partial charge in [-0.05, 0) is 66.9 Å². The van der Waals surface area contributed by atoms with Crippen LogP contribution in [0, 0.1) is 6.92 Å². The molecule has 0 atom stereocenters. The average Bonchev–Trinajstić information content (AvgIpc) is 3.18. The Morgan fingerprint density at radius 3 is 2.46 bits per heavy atom. The SMILES string of the molecule is Cc1cc2ccc(NC(=O)c3ccc(-n4cccc4)cc3)cc2[nH]c1=O. The minimum atomic E-state index is -0.196. The van der Waals surface area contributed by atoms with Crippen molar-refractivity contribution < 1.29 is 4.79 Å². The summed E-state index contributed by atoms with van der Waals surface area (Å²) in [5.74, 6) is -0.196. The van der Waals surface area contributed by atoms with Gasteiger partial charge in [0, 0.05) is 34.9 Å². The number of hydrogen-bond donors (Lipinski definition) is 2. The van der Waals surface area contributed by atoms with Crippen LogP contribution < -0.4 is 10.9 Å². The van der Waals surface area contributed by atoms with Gasteiger partial charge in [0.25, 0.3) is 11.5 Å². The van der Waals surface area contributed by atoms with Gasteiger partial charge in [-0.25, -0.2) is 0 Å². The zero-order valence-corrected chi connectivity index (χ0v) is 14.2. The van der Waals surface area contributed by atoms with Crippen LogP contribution in [0.5, 0.6) is 0 Å². The summed E-state index contributed by atoms with van der Waals surface area (Å²) in [6.07, 6.45) is 3.90. The monoisotopic (exact) mass is 343 g/mol. The van der Waals surface area contributed by atoms with Crippen LogP contribution in [0.25, 0.3) is 16.6 Å². The Balaban J connectivity index is 1.57. The summed E-state index contributed by atoms with van der Waals surface area (Å²) in [7, 11) is 0. The van der Waals surface area contributed by atoms with Crippen molar-refractivity contribution in [2.45, 2.75) is 6.92 Å². The molecule has 2 heterocycles. The Morgan fingerprint density at radius 2 is 1.73 bits per heavy atom. The normalized spacial score (nSPS) is 10.8. The van der Waals surface area contributed by atoms with E-state index in [1.165, 1.54) is 0 Å². The maximum absolute atomic E-state index is 12.5. The number of rotatable bonds is 3. The first-order valence-corrected chi connectivity index (χ1v) is 8.29. The molecular formula is C21H17N3O2. The summed E-state index contributed by atoms with van der Waals surface area (Å²) in [5, 5.41) is 3.80. The number of hydrogen-bond acceptors (Lipinski definition) is 2. The highest BCUT2D eigenvalue weighted by molar-refractivity contribution is 6.05. The zero-order valence-electron chi connectivity index (χ0n) is 14.2. The molecule has 0 aliphatic heterocycles. The number of nitrogens with zero attached hydrogens (tertiary/aromatic N) is 1. The molecule has 26 heavy (non-hydrogen) atoms. The van der Waals surface area contributed by atoms with Gasteiger partial charge in [0.1, 0.15) is 0 Å². The van der Waals surface area contributed by atoms with Crippen LogP contribution in [0.2, 0.25) is 0 Å². The zero-order chi connectivity index (χ0) is 18.1. The quantitative estimate of drug-likeness (QED) is 0.593. The number of fused-ring (bicyclic) bond motifs is 1. The highest BCUT2D eigenvalue weighted by Gasteiger charge is 2.08. The lowest BCUT2D eigenvalue weighted by molar-refractivity contribution is 0.102. The number of aromatic amines is 1. The Hall–Kier alpha value is -3.60. The minimum absolute atomic E-state index is 0.124. The van der Waals surface area contributed by atoms with E-state index in [1.807, 2.05) is 59.4 Å². The molecule has 4 rings (SSSR count). The maximum atomic E-state index is 12.5. The predicted molar refractivity (Wildman–Crippen MR) is 103 cm³/mol. The molecule has 128 valence electrons. The molecule has 0 unspecified atom stereocenters. The summed E-state index contributed by atoms with van der Waals surface area (Å²) >= 11 is 0. The number of nitrogens with one attached hydrogen (secondary N) is 2. The van der Waals surface area contributed by atoms with E-state index in [1.54, 1.807) is 25.1 Å². The fourth-order valence-corrected chi connectivity index (χ4v) is 2.88. The van der Waals surface area contributed by atoms with Gasteiger partial charge >= 0.3 is 0 Å². The first-order chi connectivity index (χ1) is 12.6. The van der Waals surface area contributed by atoms with E-state index >= 15 is 0 Å². The molecule has 5 heteroatoms. The summed E-state index contributed by atoms with van der Waals surface area (Å²) in [6.45, 7) is 1.77. The largest absolute Gasteiger partial charge is 0.324 e. The van der Waals surface area contributed by atoms with Crippen LogP contribution in [0.1, 0.15) is 15.9 Å². The molecule has 0 radical (unpaired) electrons. The third-order valence-electron chi connectivity index (χ3n) is 4.32. The lowest BCUT2D eigenvalue weighted by atomic mass is 10.1. The van der Waals surface area contributed by atoms with Crippen LogP contribution >= 0.6 is 0 Å². The third kappa shape index (κ3) is 3.02. The molecule has 1 amide bonds. The Kier molecular flexibility index (Phi) is 3.89. The Labute approximate surface area is 149 Å². The van der Waals surface area contributed by atoms with E-state index in [-0.39, 0.29) is 11.5 Å². The molecule has 0 bridgehead atoms. The highest BCUT2D eigenvalue weighted by atomic mass is 16.1. The molecule has 2 aromatic carbocycles. The molecule has 0 aliphatic carbocycles. The lowest BCUT2D eigenvalue weighted by Gasteiger charge is -2.08. The average molecular weight is 343 g/mol. The number of carbonyl (C=O) groups excluding carboxylic acids is 1. The van der Waals surface area contributed by atoms with Crippen LogP contribution in [-0.4, -0.2) is 15.5 Å². The van der Waals surface area contributed by atoms with Gasteiger partial charge in [0.15, 0.2) is 0 Å². The van der Waals surface area contributed by atoms with Gasteiger partial charge in [0.2, 0.25) is 0 Å². The van der Waals surface area contributed by atoms with Crippen LogP contribution in [-0.2, 0) is 0 Å². The topological polar surface area (TPSA) is 66.9 Å². The predicted octanol–water partition coefficient (Wildman–Crippen LogP) is 3.88. The number of H-pyrrole nitrogens is 1. The minimum Gasteiger partial charge on any atom is -0.324 e. The van der Waals surface area contributed by atoms with Gasteiger partial charge < -0.3 is 14.9 Å². The van der Waals surface area contributed by atoms with Crippen molar-refractivity contribution in [3.8, 4) is 5.69 Å². The summed E-state index contributed by atoms with van der Waals surface area (Å²) in [6, 6.07) is 18.6. The maximum Gasteiger partial charge on any atom is 0.255 e. The van der Waals surface area contributed by atoms with E-state index in [9.17, 15) is 9.59 Å². The smallest absolute Gasteiger partial charge is 0.255 e. The Bertz CT molecular complexity index is 1140.